The molecule has 2 aromatic heterocycles. The summed E-state index contributed by atoms with van der Waals surface area (Å²) in [7, 11) is 0. The molecule has 0 aliphatic heterocycles. The van der Waals surface area contributed by atoms with Crippen molar-refractivity contribution in [2.75, 3.05) is 11.9 Å². The molecule has 0 saturated heterocycles. The second-order valence-corrected chi connectivity index (χ2v) is 6.55. The van der Waals surface area contributed by atoms with E-state index >= 15 is 0 Å². The van der Waals surface area contributed by atoms with Gasteiger partial charge in [-0.2, -0.15) is 4.98 Å². The van der Waals surface area contributed by atoms with E-state index in [0.717, 1.165) is 0 Å². The summed E-state index contributed by atoms with van der Waals surface area (Å²) in [4.78, 5) is 31.9. The van der Waals surface area contributed by atoms with Crippen LogP contribution in [0.1, 0.15) is 24.9 Å². The number of nitrogens with one attached hydrogen (secondary N) is 1. The number of rotatable bonds is 8. The predicted molar refractivity (Wildman–Crippen MR) is 99.1 cm³/mol. The van der Waals surface area contributed by atoms with Crippen LogP contribution in [0.2, 0.25) is 0 Å². The number of ether oxygens (including phenoxy) is 1. The Hall–Kier alpha value is -3.14. The van der Waals surface area contributed by atoms with Crippen molar-refractivity contribution in [2.24, 2.45) is 0 Å². The zero-order chi connectivity index (χ0) is 19.9. The summed E-state index contributed by atoms with van der Waals surface area (Å²) in [6.07, 6.45) is 0.438. The van der Waals surface area contributed by atoms with Crippen LogP contribution in [-0.2, 0) is 27.2 Å². The van der Waals surface area contributed by atoms with E-state index in [1.165, 1.54) is 23.5 Å². The topological polar surface area (TPSA) is 107 Å². The van der Waals surface area contributed by atoms with Crippen LogP contribution in [0.25, 0.3) is 11.4 Å². The number of amides is 1. The van der Waals surface area contributed by atoms with Crippen molar-refractivity contribution in [3.05, 3.63) is 47.0 Å². The number of halogens is 1. The van der Waals surface area contributed by atoms with E-state index in [1.54, 1.807) is 24.4 Å². The minimum atomic E-state index is -0.362. The maximum Gasteiger partial charge on any atom is 0.311 e. The molecule has 1 aromatic carbocycles. The highest BCUT2D eigenvalue weighted by atomic mass is 32.1. The van der Waals surface area contributed by atoms with E-state index in [0.29, 0.717) is 34.7 Å². The number of benzene rings is 1. The van der Waals surface area contributed by atoms with Gasteiger partial charge >= 0.3 is 5.97 Å². The molecular formula is C18H17FN4O4S. The van der Waals surface area contributed by atoms with Crippen LogP contribution < -0.4 is 5.32 Å². The van der Waals surface area contributed by atoms with Crippen LogP contribution in [0.3, 0.4) is 0 Å². The number of nitrogens with zero attached hydrogens (tertiary/aromatic N) is 3. The van der Waals surface area contributed by atoms with Crippen molar-refractivity contribution < 1.29 is 23.2 Å². The molecule has 0 aliphatic rings. The molecule has 10 heteroatoms. The molecule has 0 atom stereocenters. The van der Waals surface area contributed by atoms with E-state index in [1.807, 2.05) is 0 Å². The highest BCUT2D eigenvalue weighted by Crippen LogP contribution is 2.18. The summed E-state index contributed by atoms with van der Waals surface area (Å²) < 4.78 is 22.9. The molecule has 0 aliphatic carbocycles. The van der Waals surface area contributed by atoms with Gasteiger partial charge in [-0.25, -0.2) is 9.37 Å². The lowest BCUT2D eigenvalue weighted by atomic mass is 10.2. The van der Waals surface area contributed by atoms with Gasteiger partial charge in [-0.3, -0.25) is 9.59 Å². The molecule has 146 valence electrons. The van der Waals surface area contributed by atoms with Crippen molar-refractivity contribution in [3.8, 4) is 11.4 Å². The van der Waals surface area contributed by atoms with Crippen LogP contribution in [0.15, 0.2) is 34.2 Å². The lowest BCUT2D eigenvalue weighted by Gasteiger charge is -2.00. The zero-order valence-corrected chi connectivity index (χ0v) is 15.8. The van der Waals surface area contributed by atoms with Crippen molar-refractivity contribution in [1.29, 1.82) is 0 Å². The van der Waals surface area contributed by atoms with Crippen LogP contribution in [-0.4, -0.2) is 33.6 Å². The van der Waals surface area contributed by atoms with Gasteiger partial charge < -0.3 is 14.6 Å². The molecule has 8 nitrogen and oxygen atoms in total. The lowest BCUT2D eigenvalue weighted by molar-refractivity contribution is -0.142. The summed E-state index contributed by atoms with van der Waals surface area (Å²) in [5, 5.41) is 8.60. The van der Waals surface area contributed by atoms with Gasteiger partial charge in [0.2, 0.25) is 17.6 Å². The number of aromatic nitrogens is 3. The van der Waals surface area contributed by atoms with Crippen molar-refractivity contribution >= 4 is 28.3 Å². The molecule has 0 bridgehead atoms. The first-order valence-corrected chi connectivity index (χ1v) is 9.40. The first-order chi connectivity index (χ1) is 13.5. The minimum absolute atomic E-state index is 0.0638. The van der Waals surface area contributed by atoms with Gasteiger partial charge in [0, 0.05) is 23.8 Å². The number of esters is 1. The van der Waals surface area contributed by atoms with Gasteiger partial charge in [-0.1, -0.05) is 5.16 Å². The van der Waals surface area contributed by atoms with E-state index in [9.17, 15) is 14.0 Å². The zero-order valence-electron chi connectivity index (χ0n) is 15.0. The second kappa shape index (κ2) is 9.18. The SMILES string of the molecule is CCOC(=O)Cc1csc(NC(=O)CCc2nc(-c3ccc(F)cc3)no2)n1. The molecule has 0 unspecified atom stereocenters. The normalized spacial score (nSPS) is 10.6. The van der Waals surface area contributed by atoms with Gasteiger partial charge in [0.25, 0.3) is 0 Å². The van der Waals surface area contributed by atoms with Gasteiger partial charge in [0.05, 0.1) is 18.7 Å². The second-order valence-electron chi connectivity index (χ2n) is 5.69. The molecular weight excluding hydrogens is 387 g/mol. The summed E-state index contributed by atoms with van der Waals surface area (Å²) in [5.74, 6) is -0.343. The molecule has 3 aromatic rings. The van der Waals surface area contributed by atoms with Crippen molar-refractivity contribution in [3.63, 3.8) is 0 Å². The molecule has 0 fully saturated rings. The number of hydrogen-bond acceptors (Lipinski definition) is 8. The smallest absolute Gasteiger partial charge is 0.311 e. The Balaban J connectivity index is 1.49. The average Bonchev–Trinajstić information content (AvgIpc) is 3.30. The Bertz CT molecular complexity index is 955. The average molecular weight is 404 g/mol. The Kier molecular flexibility index (Phi) is 6.43. The van der Waals surface area contributed by atoms with Crippen molar-refractivity contribution in [1.82, 2.24) is 15.1 Å². The van der Waals surface area contributed by atoms with E-state index in [2.05, 4.69) is 20.4 Å². The number of anilines is 1. The third-order valence-corrected chi connectivity index (χ3v) is 4.37. The maximum absolute atomic E-state index is 13.0. The molecule has 3 rings (SSSR count). The van der Waals surface area contributed by atoms with Gasteiger partial charge in [-0.15, -0.1) is 11.3 Å². The highest BCUT2D eigenvalue weighted by Gasteiger charge is 2.13. The monoisotopic (exact) mass is 404 g/mol. The summed E-state index contributed by atoms with van der Waals surface area (Å²) >= 11 is 1.23. The van der Waals surface area contributed by atoms with Gasteiger partial charge in [0.15, 0.2) is 5.13 Å². The highest BCUT2D eigenvalue weighted by molar-refractivity contribution is 7.13. The molecule has 0 saturated carbocycles. The molecule has 1 amide bonds. The van der Waals surface area contributed by atoms with Crippen LogP contribution in [0.5, 0.6) is 0 Å². The maximum atomic E-state index is 13.0. The molecule has 0 spiro atoms. The Morgan fingerprint density at radius 2 is 2.04 bits per heavy atom. The third-order valence-electron chi connectivity index (χ3n) is 3.57. The quantitative estimate of drug-likeness (QED) is 0.575. The summed E-state index contributed by atoms with van der Waals surface area (Å²) in [5.41, 5.74) is 1.16. The largest absolute Gasteiger partial charge is 0.466 e. The van der Waals surface area contributed by atoms with Gasteiger partial charge in [0.1, 0.15) is 5.82 Å². The first-order valence-electron chi connectivity index (χ1n) is 8.52. The van der Waals surface area contributed by atoms with Crippen LogP contribution in [0, 0.1) is 5.82 Å². The summed E-state index contributed by atoms with van der Waals surface area (Å²) in [6.45, 7) is 2.04. The fraction of sp³-hybridized carbons (Fsp3) is 0.278. The fourth-order valence-electron chi connectivity index (χ4n) is 2.28. The fourth-order valence-corrected chi connectivity index (χ4v) is 3.01. The number of hydrogen-bond donors (Lipinski definition) is 1. The van der Waals surface area contributed by atoms with Crippen LogP contribution >= 0.6 is 11.3 Å². The van der Waals surface area contributed by atoms with E-state index < -0.39 is 0 Å². The number of carbonyl (C=O) groups is 2. The predicted octanol–water partition coefficient (Wildman–Crippen LogP) is 3.01. The van der Waals surface area contributed by atoms with E-state index in [-0.39, 0.29) is 37.0 Å². The minimum Gasteiger partial charge on any atom is -0.466 e. The molecule has 1 N–H and O–H groups in total. The lowest BCUT2D eigenvalue weighted by Crippen LogP contribution is -2.12. The first kappa shape index (κ1) is 19.6. The Morgan fingerprint density at radius 3 is 2.79 bits per heavy atom. The number of carbonyl (C=O) groups excluding carboxylic acids is 2. The van der Waals surface area contributed by atoms with E-state index in [4.69, 9.17) is 9.26 Å². The Labute approximate surface area is 163 Å². The number of aryl methyl sites for hydroxylation is 1. The summed E-state index contributed by atoms with van der Waals surface area (Å²) in [6, 6.07) is 5.71. The number of thiazole rings is 1. The molecule has 2 heterocycles. The molecule has 0 radical (unpaired) electrons. The third kappa shape index (κ3) is 5.43. The van der Waals surface area contributed by atoms with Crippen molar-refractivity contribution in [2.45, 2.75) is 26.2 Å². The van der Waals surface area contributed by atoms with Crippen LogP contribution in [0.4, 0.5) is 9.52 Å². The Morgan fingerprint density at radius 1 is 1.25 bits per heavy atom. The molecule has 28 heavy (non-hydrogen) atoms. The standard InChI is InChI=1S/C18H17FN4O4S/c1-2-26-16(25)9-13-10-28-18(20-13)21-14(24)7-8-15-22-17(23-27-15)11-3-5-12(19)6-4-11/h3-6,10H,2,7-9H2,1H3,(H,20,21,24). The van der Waals surface area contributed by atoms with Gasteiger partial charge in [-0.05, 0) is 31.2 Å².